The van der Waals surface area contributed by atoms with Crippen molar-refractivity contribution in [3.63, 3.8) is 0 Å². The Kier molecular flexibility index (Phi) is 4.11. The van der Waals surface area contributed by atoms with Crippen LogP contribution in [0.5, 0.6) is 0 Å². The number of carbonyl (C=O) groups excluding carboxylic acids is 1. The van der Waals surface area contributed by atoms with Crippen LogP contribution in [0.4, 0.5) is 0 Å². The van der Waals surface area contributed by atoms with Crippen LogP contribution in [0.1, 0.15) is 29.0 Å². The number of benzene rings is 1. The van der Waals surface area contributed by atoms with Gasteiger partial charge in [0.05, 0.1) is 16.3 Å². The zero-order valence-corrected chi connectivity index (χ0v) is 13.3. The van der Waals surface area contributed by atoms with E-state index in [4.69, 9.17) is 0 Å². The minimum atomic E-state index is -0.0638. The molecule has 3 aromatic rings. The van der Waals surface area contributed by atoms with Gasteiger partial charge in [-0.05, 0) is 30.0 Å². The first-order valence-corrected chi connectivity index (χ1v) is 8.13. The molecule has 0 aliphatic rings. The minimum Gasteiger partial charge on any atom is -0.347 e. The quantitative estimate of drug-likeness (QED) is 0.703. The van der Waals surface area contributed by atoms with Crippen LogP contribution in [-0.4, -0.2) is 17.0 Å². The third-order valence-electron chi connectivity index (χ3n) is 3.77. The zero-order valence-electron chi connectivity index (χ0n) is 12.5. The first kappa shape index (κ1) is 14.6. The molecule has 1 aromatic carbocycles. The maximum Gasteiger partial charge on any atom is 0.268 e. The van der Waals surface area contributed by atoms with Crippen LogP contribution < -0.4 is 5.32 Å². The van der Waals surface area contributed by atoms with Gasteiger partial charge >= 0.3 is 0 Å². The number of thiophene rings is 1. The molecule has 4 heteroatoms. The monoisotopic (exact) mass is 310 g/mol. The van der Waals surface area contributed by atoms with Crippen molar-refractivity contribution in [2.75, 3.05) is 6.54 Å². The van der Waals surface area contributed by atoms with Crippen molar-refractivity contribution >= 4 is 27.5 Å². The highest BCUT2D eigenvalue weighted by Crippen LogP contribution is 2.31. The number of rotatable bonds is 5. The summed E-state index contributed by atoms with van der Waals surface area (Å²) in [5, 5.41) is 4.93. The van der Waals surface area contributed by atoms with Crippen molar-refractivity contribution in [2.45, 2.75) is 13.0 Å². The lowest BCUT2D eigenvalue weighted by molar-refractivity contribution is 0.0948. The number of nitrogens with one attached hydrogen (secondary N) is 1. The van der Waals surface area contributed by atoms with Crippen molar-refractivity contribution in [3.8, 4) is 0 Å². The first-order valence-electron chi connectivity index (χ1n) is 7.25. The van der Waals surface area contributed by atoms with Gasteiger partial charge in [-0.3, -0.25) is 4.79 Å². The fraction of sp³-hybridized carbons (Fsp3) is 0.167. The van der Waals surface area contributed by atoms with E-state index in [1.807, 2.05) is 24.3 Å². The number of carbonyl (C=O) groups is 1. The molecule has 3 rings (SSSR count). The average molecular weight is 310 g/mol. The number of aromatic nitrogens is 1. The van der Waals surface area contributed by atoms with Crippen LogP contribution in [0.3, 0.4) is 0 Å². The lowest BCUT2D eigenvalue weighted by Gasteiger charge is -2.18. The molecule has 0 radical (unpaired) electrons. The summed E-state index contributed by atoms with van der Waals surface area (Å²) in [5.41, 5.74) is 2.98. The third-order valence-corrected chi connectivity index (χ3v) is 4.62. The molecular weight excluding hydrogens is 292 g/mol. The van der Waals surface area contributed by atoms with E-state index in [-0.39, 0.29) is 11.9 Å². The number of hydrogen-bond donors (Lipinski definition) is 1. The van der Waals surface area contributed by atoms with E-state index in [1.54, 1.807) is 17.4 Å². The maximum atomic E-state index is 12.5. The average Bonchev–Trinajstić information content (AvgIpc) is 3.13. The number of fused-ring (bicyclic) bond motifs is 1. The van der Waals surface area contributed by atoms with Gasteiger partial charge in [0, 0.05) is 6.54 Å². The van der Waals surface area contributed by atoms with Crippen molar-refractivity contribution in [3.05, 3.63) is 71.8 Å². The SMILES string of the molecule is C=CCNC(=O)c1cc2sccc2n1[C@@H](C)c1ccccc1. The zero-order chi connectivity index (χ0) is 15.5. The minimum absolute atomic E-state index is 0.0638. The summed E-state index contributed by atoms with van der Waals surface area (Å²) in [6.45, 7) is 6.24. The molecule has 2 heterocycles. The van der Waals surface area contributed by atoms with Gasteiger partial charge in [0.25, 0.3) is 5.91 Å². The molecule has 0 aliphatic carbocycles. The summed E-state index contributed by atoms with van der Waals surface area (Å²) >= 11 is 1.66. The van der Waals surface area contributed by atoms with Gasteiger partial charge < -0.3 is 9.88 Å². The molecule has 1 N–H and O–H groups in total. The van der Waals surface area contributed by atoms with Gasteiger partial charge in [-0.15, -0.1) is 17.9 Å². The topological polar surface area (TPSA) is 34.0 Å². The first-order chi connectivity index (χ1) is 10.7. The Hall–Kier alpha value is -2.33. The Morgan fingerprint density at radius 2 is 2.14 bits per heavy atom. The second-order valence-corrected chi connectivity index (χ2v) is 6.10. The van der Waals surface area contributed by atoms with Crippen LogP contribution in [0, 0.1) is 0 Å². The van der Waals surface area contributed by atoms with Gasteiger partial charge in [0.2, 0.25) is 0 Å². The fourth-order valence-electron chi connectivity index (χ4n) is 2.67. The highest BCUT2D eigenvalue weighted by Gasteiger charge is 2.20. The molecule has 0 spiro atoms. The van der Waals surface area contributed by atoms with E-state index in [1.165, 1.54) is 5.56 Å². The van der Waals surface area contributed by atoms with Crippen LogP contribution in [-0.2, 0) is 0 Å². The fourth-order valence-corrected chi connectivity index (χ4v) is 3.48. The Balaban J connectivity index is 2.08. The molecule has 1 atom stereocenters. The van der Waals surface area contributed by atoms with E-state index in [9.17, 15) is 4.79 Å². The molecule has 0 aliphatic heterocycles. The van der Waals surface area contributed by atoms with Gasteiger partial charge in [0.1, 0.15) is 5.69 Å². The van der Waals surface area contributed by atoms with Gasteiger partial charge in [0.15, 0.2) is 0 Å². The summed E-state index contributed by atoms with van der Waals surface area (Å²) < 4.78 is 3.24. The predicted molar refractivity (Wildman–Crippen MR) is 92.6 cm³/mol. The molecule has 0 fully saturated rings. The molecule has 2 aromatic heterocycles. The third kappa shape index (κ3) is 2.57. The molecule has 0 saturated carbocycles. The number of nitrogens with zero attached hydrogens (tertiary/aromatic N) is 1. The molecule has 1 amide bonds. The molecular formula is C18H18N2OS. The van der Waals surface area contributed by atoms with Crippen LogP contribution in [0.2, 0.25) is 0 Å². The number of amides is 1. The van der Waals surface area contributed by atoms with Crippen LogP contribution in [0.25, 0.3) is 10.2 Å². The van der Waals surface area contributed by atoms with E-state index < -0.39 is 0 Å². The number of hydrogen-bond acceptors (Lipinski definition) is 2. The Morgan fingerprint density at radius 1 is 1.36 bits per heavy atom. The molecule has 0 unspecified atom stereocenters. The highest BCUT2D eigenvalue weighted by molar-refractivity contribution is 7.17. The Labute approximate surface area is 133 Å². The highest BCUT2D eigenvalue weighted by atomic mass is 32.1. The van der Waals surface area contributed by atoms with Gasteiger partial charge in [-0.1, -0.05) is 36.4 Å². The summed E-state index contributed by atoms with van der Waals surface area (Å²) in [5.74, 6) is -0.0638. The van der Waals surface area contributed by atoms with Gasteiger partial charge in [-0.2, -0.15) is 0 Å². The van der Waals surface area contributed by atoms with Crippen molar-refractivity contribution in [1.29, 1.82) is 0 Å². The second kappa shape index (κ2) is 6.20. The predicted octanol–water partition coefficient (Wildman–Crippen LogP) is 4.23. The van der Waals surface area contributed by atoms with Crippen LogP contribution in [0.15, 0.2) is 60.5 Å². The molecule has 112 valence electrons. The molecule has 0 saturated heterocycles. The summed E-state index contributed by atoms with van der Waals surface area (Å²) in [4.78, 5) is 12.5. The van der Waals surface area contributed by atoms with Crippen molar-refractivity contribution in [1.82, 2.24) is 9.88 Å². The van der Waals surface area contributed by atoms with E-state index in [0.717, 1.165) is 10.2 Å². The molecule has 0 bridgehead atoms. The normalized spacial score (nSPS) is 12.2. The lowest BCUT2D eigenvalue weighted by Crippen LogP contribution is -2.26. The lowest BCUT2D eigenvalue weighted by atomic mass is 10.1. The standard InChI is InChI=1S/C18H18N2OS/c1-3-10-19-18(21)16-12-17-15(9-11-22-17)20(16)13(2)14-7-5-4-6-8-14/h3-9,11-13H,1,10H2,2H3,(H,19,21)/t13-/m0/s1. The largest absolute Gasteiger partial charge is 0.347 e. The summed E-state index contributed by atoms with van der Waals surface area (Å²) in [6.07, 6.45) is 1.69. The van der Waals surface area contributed by atoms with Crippen molar-refractivity contribution in [2.24, 2.45) is 0 Å². The molecule has 3 nitrogen and oxygen atoms in total. The Morgan fingerprint density at radius 3 is 2.86 bits per heavy atom. The van der Waals surface area contributed by atoms with E-state index >= 15 is 0 Å². The van der Waals surface area contributed by atoms with E-state index in [2.05, 4.69) is 47.0 Å². The smallest absolute Gasteiger partial charge is 0.268 e. The summed E-state index contributed by atoms with van der Waals surface area (Å²) in [7, 11) is 0. The summed E-state index contributed by atoms with van der Waals surface area (Å²) in [6, 6.07) is 14.4. The van der Waals surface area contributed by atoms with Crippen LogP contribution >= 0.6 is 11.3 Å². The van der Waals surface area contributed by atoms with Gasteiger partial charge in [-0.25, -0.2) is 0 Å². The maximum absolute atomic E-state index is 12.5. The Bertz CT molecular complexity index is 801. The van der Waals surface area contributed by atoms with E-state index in [0.29, 0.717) is 12.2 Å². The molecule has 22 heavy (non-hydrogen) atoms. The second-order valence-electron chi connectivity index (χ2n) is 5.16. The van der Waals surface area contributed by atoms with Crippen molar-refractivity contribution < 1.29 is 4.79 Å².